The lowest BCUT2D eigenvalue weighted by Crippen LogP contribution is -2.05. The van der Waals surface area contributed by atoms with E-state index in [1.54, 1.807) is 7.11 Å². The molecule has 2 aromatic heterocycles. The van der Waals surface area contributed by atoms with Crippen LogP contribution in [0.4, 0.5) is 5.95 Å². The van der Waals surface area contributed by atoms with Crippen LogP contribution in [0.15, 0.2) is 12.1 Å². The van der Waals surface area contributed by atoms with Crippen molar-refractivity contribution in [2.75, 3.05) is 19.5 Å². The topological polar surface area (TPSA) is 66.0 Å². The van der Waals surface area contributed by atoms with Gasteiger partial charge in [-0.15, -0.1) is 0 Å². The van der Waals surface area contributed by atoms with Crippen molar-refractivity contribution in [1.29, 1.82) is 0 Å². The summed E-state index contributed by atoms with van der Waals surface area (Å²) in [6, 6.07) is 3.91. The maximum Gasteiger partial charge on any atom is 0.202 e. The lowest BCUT2D eigenvalue weighted by molar-refractivity contribution is 0.191. The Morgan fingerprint density at radius 2 is 2.12 bits per heavy atom. The molecule has 0 amide bonds. The van der Waals surface area contributed by atoms with Crippen LogP contribution in [0, 0.1) is 6.92 Å². The van der Waals surface area contributed by atoms with Crippen LogP contribution in [0.3, 0.4) is 0 Å². The first kappa shape index (κ1) is 11.9. The van der Waals surface area contributed by atoms with Gasteiger partial charge in [0.25, 0.3) is 0 Å². The van der Waals surface area contributed by atoms with Crippen molar-refractivity contribution in [3.05, 3.63) is 17.8 Å². The molecule has 2 heterocycles. The Morgan fingerprint density at radius 1 is 1.29 bits per heavy atom. The van der Waals surface area contributed by atoms with Crippen LogP contribution in [-0.4, -0.2) is 28.3 Å². The zero-order chi connectivity index (χ0) is 12.3. The number of nitrogens with two attached hydrogens (primary N) is 1. The Hall–Kier alpha value is -1.62. The van der Waals surface area contributed by atoms with Gasteiger partial charge < -0.3 is 10.5 Å². The summed E-state index contributed by atoms with van der Waals surface area (Å²) in [4.78, 5) is 8.78. The number of fused-ring (bicyclic) bond motifs is 1. The molecule has 0 unspecified atom stereocenters. The second-order valence-corrected chi connectivity index (χ2v) is 4.12. The molecular weight excluding hydrogens is 216 g/mol. The van der Waals surface area contributed by atoms with Crippen molar-refractivity contribution in [2.24, 2.45) is 0 Å². The highest BCUT2D eigenvalue weighted by Crippen LogP contribution is 2.16. The van der Waals surface area contributed by atoms with E-state index < -0.39 is 0 Å². The first-order valence-electron chi connectivity index (χ1n) is 5.80. The van der Waals surface area contributed by atoms with E-state index in [-0.39, 0.29) is 0 Å². The van der Waals surface area contributed by atoms with Gasteiger partial charge in [-0.3, -0.25) is 4.57 Å². The van der Waals surface area contributed by atoms with Gasteiger partial charge in [0.15, 0.2) is 5.65 Å². The second-order valence-electron chi connectivity index (χ2n) is 4.12. The quantitative estimate of drug-likeness (QED) is 0.800. The van der Waals surface area contributed by atoms with E-state index in [1.807, 2.05) is 23.6 Å². The number of anilines is 1. The number of nitrogen functional groups attached to an aromatic ring is 1. The Morgan fingerprint density at radius 3 is 2.88 bits per heavy atom. The van der Waals surface area contributed by atoms with Crippen molar-refractivity contribution in [2.45, 2.75) is 26.3 Å². The lowest BCUT2D eigenvalue weighted by Gasteiger charge is -2.05. The maximum atomic E-state index is 5.90. The summed E-state index contributed by atoms with van der Waals surface area (Å²) in [5, 5.41) is 0. The summed E-state index contributed by atoms with van der Waals surface area (Å²) < 4.78 is 7.00. The van der Waals surface area contributed by atoms with E-state index in [0.717, 1.165) is 42.9 Å². The minimum Gasteiger partial charge on any atom is -0.385 e. The fraction of sp³-hybridized carbons (Fsp3) is 0.500. The Balaban J connectivity index is 2.20. The largest absolute Gasteiger partial charge is 0.385 e. The van der Waals surface area contributed by atoms with Gasteiger partial charge in [0, 0.05) is 26.0 Å². The van der Waals surface area contributed by atoms with Crippen LogP contribution in [0.25, 0.3) is 11.2 Å². The molecule has 0 saturated carbocycles. The summed E-state index contributed by atoms with van der Waals surface area (Å²) in [6.07, 6.45) is 2.03. The van der Waals surface area contributed by atoms with Crippen LogP contribution in [-0.2, 0) is 11.3 Å². The van der Waals surface area contributed by atoms with E-state index in [4.69, 9.17) is 10.5 Å². The predicted molar refractivity (Wildman–Crippen MR) is 67.8 cm³/mol. The van der Waals surface area contributed by atoms with E-state index in [9.17, 15) is 0 Å². The number of unbranched alkanes of at least 4 members (excludes halogenated alkanes) is 1. The van der Waals surface area contributed by atoms with E-state index in [1.165, 1.54) is 0 Å². The highest BCUT2D eigenvalue weighted by Gasteiger charge is 2.08. The average Bonchev–Trinajstić information content (AvgIpc) is 2.61. The third kappa shape index (κ3) is 2.55. The normalized spacial score (nSPS) is 11.2. The minimum atomic E-state index is 0.538. The highest BCUT2D eigenvalue weighted by molar-refractivity contribution is 5.74. The van der Waals surface area contributed by atoms with Crippen molar-refractivity contribution in [3.8, 4) is 0 Å². The average molecular weight is 234 g/mol. The molecule has 2 N–H and O–H groups in total. The van der Waals surface area contributed by atoms with Gasteiger partial charge in [0.1, 0.15) is 5.52 Å². The van der Waals surface area contributed by atoms with E-state index >= 15 is 0 Å². The number of hydrogen-bond donors (Lipinski definition) is 1. The number of aromatic nitrogens is 3. The number of aryl methyl sites for hydroxylation is 2. The van der Waals surface area contributed by atoms with Gasteiger partial charge >= 0.3 is 0 Å². The monoisotopic (exact) mass is 234 g/mol. The van der Waals surface area contributed by atoms with Gasteiger partial charge in [-0.2, -0.15) is 0 Å². The number of methoxy groups -OCH3 is 1. The molecule has 0 saturated heterocycles. The number of ether oxygens (including phenoxy) is 1. The molecule has 2 rings (SSSR count). The Kier molecular flexibility index (Phi) is 3.58. The Bertz CT molecular complexity index is 506. The van der Waals surface area contributed by atoms with Gasteiger partial charge in [-0.25, -0.2) is 9.97 Å². The van der Waals surface area contributed by atoms with Crippen molar-refractivity contribution in [3.63, 3.8) is 0 Å². The highest BCUT2D eigenvalue weighted by atomic mass is 16.5. The molecule has 5 heteroatoms. The molecule has 0 radical (unpaired) electrons. The Labute approximate surface area is 101 Å². The molecule has 0 atom stereocenters. The first-order chi connectivity index (χ1) is 8.22. The molecule has 0 aliphatic carbocycles. The molecule has 2 aromatic rings. The molecule has 0 fully saturated rings. The molecule has 0 aliphatic heterocycles. The summed E-state index contributed by atoms with van der Waals surface area (Å²) in [5.74, 6) is 0.538. The third-order valence-corrected chi connectivity index (χ3v) is 2.74. The zero-order valence-electron chi connectivity index (χ0n) is 10.3. The van der Waals surface area contributed by atoms with Crippen molar-refractivity contribution in [1.82, 2.24) is 14.5 Å². The van der Waals surface area contributed by atoms with Crippen molar-refractivity contribution < 1.29 is 4.74 Å². The number of imidazole rings is 1. The van der Waals surface area contributed by atoms with Gasteiger partial charge in [0.2, 0.25) is 5.95 Å². The van der Waals surface area contributed by atoms with Crippen LogP contribution < -0.4 is 5.73 Å². The number of hydrogen-bond acceptors (Lipinski definition) is 4. The molecule has 92 valence electrons. The van der Waals surface area contributed by atoms with Gasteiger partial charge in [0.05, 0.1) is 0 Å². The fourth-order valence-corrected chi connectivity index (χ4v) is 1.85. The predicted octanol–water partition coefficient (Wildman–Crippen LogP) is 1.75. The van der Waals surface area contributed by atoms with Crippen molar-refractivity contribution >= 4 is 17.1 Å². The summed E-state index contributed by atoms with van der Waals surface area (Å²) in [6.45, 7) is 3.58. The minimum absolute atomic E-state index is 0.538. The molecule has 5 nitrogen and oxygen atoms in total. The molecular formula is C12H18N4O. The second kappa shape index (κ2) is 5.14. The van der Waals surface area contributed by atoms with E-state index in [2.05, 4.69) is 9.97 Å². The van der Waals surface area contributed by atoms with Gasteiger partial charge in [-0.1, -0.05) is 0 Å². The lowest BCUT2D eigenvalue weighted by atomic mass is 10.3. The molecule has 17 heavy (non-hydrogen) atoms. The molecule has 0 spiro atoms. The third-order valence-electron chi connectivity index (χ3n) is 2.74. The maximum absolute atomic E-state index is 5.90. The summed E-state index contributed by atoms with van der Waals surface area (Å²) in [5.41, 5.74) is 8.62. The zero-order valence-corrected chi connectivity index (χ0v) is 10.3. The number of nitrogens with zero attached hydrogens (tertiary/aromatic N) is 3. The van der Waals surface area contributed by atoms with E-state index in [0.29, 0.717) is 5.95 Å². The fourth-order valence-electron chi connectivity index (χ4n) is 1.85. The first-order valence-corrected chi connectivity index (χ1v) is 5.80. The van der Waals surface area contributed by atoms with Gasteiger partial charge in [-0.05, 0) is 31.9 Å². The van der Waals surface area contributed by atoms with Crippen LogP contribution in [0.5, 0.6) is 0 Å². The summed E-state index contributed by atoms with van der Waals surface area (Å²) >= 11 is 0. The molecule has 0 aromatic carbocycles. The number of pyridine rings is 1. The summed E-state index contributed by atoms with van der Waals surface area (Å²) in [7, 11) is 1.71. The molecule has 0 bridgehead atoms. The van der Waals surface area contributed by atoms with Crippen LogP contribution >= 0.6 is 0 Å². The standard InChI is InChI=1S/C12H18N4O/c1-9-5-6-10-11(14-9)16(12(13)15-10)7-3-4-8-17-2/h5-6H,3-4,7-8H2,1-2H3,(H2,13,15). The number of rotatable bonds is 5. The van der Waals surface area contributed by atoms with Crippen LogP contribution in [0.2, 0.25) is 0 Å². The van der Waals surface area contributed by atoms with Crippen LogP contribution in [0.1, 0.15) is 18.5 Å². The smallest absolute Gasteiger partial charge is 0.202 e. The molecule has 0 aliphatic rings. The SMILES string of the molecule is COCCCCn1c(N)nc2ccc(C)nc21.